The maximum absolute atomic E-state index is 11.8. The zero-order valence-corrected chi connectivity index (χ0v) is 13.2. The van der Waals surface area contributed by atoms with E-state index in [-0.39, 0.29) is 23.8 Å². The molecule has 3 atom stereocenters. The van der Waals surface area contributed by atoms with Crippen LogP contribution < -0.4 is 10.1 Å². The molecule has 7 heteroatoms. The topological polar surface area (TPSA) is 87.2 Å². The predicted octanol–water partition coefficient (Wildman–Crippen LogP) is 2.01. The molecule has 1 aromatic heterocycles. The van der Waals surface area contributed by atoms with Crippen molar-refractivity contribution in [3.05, 3.63) is 47.5 Å². The third kappa shape index (κ3) is 3.83. The van der Waals surface area contributed by atoms with Gasteiger partial charge in [-0.2, -0.15) is 0 Å². The lowest BCUT2D eigenvalue weighted by atomic mass is 10.1. The number of nitrogens with one attached hydrogen (secondary N) is 2. The Morgan fingerprint density at radius 2 is 2.17 bits per heavy atom. The molecule has 2 aromatic rings. The van der Waals surface area contributed by atoms with Gasteiger partial charge < -0.3 is 20.1 Å². The van der Waals surface area contributed by atoms with Crippen molar-refractivity contribution in [3.63, 3.8) is 0 Å². The van der Waals surface area contributed by atoms with Gasteiger partial charge in [0.2, 0.25) is 0 Å². The Bertz CT molecular complexity index is 645. The molecule has 1 aliphatic carbocycles. The third-order valence-electron chi connectivity index (χ3n) is 4.03. The molecule has 3 rings (SSSR count). The minimum Gasteiger partial charge on any atom is -0.488 e. The molecule has 23 heavy (non-hydrogen) atoms. The number of aromatic nitrogens is 2. The van der Waals surface area contributed by atoms with Crippen LogP contribution in [0.25, 0.3) is 0 Å². The van der Waals surface area contributed by atoms with Crippen LogP contribution in [0.2, 0.25) is 5.02 Å². The summed E-state index contributed by atoms with van der Waals surface area (Å²) in [5.74, 6) is 0.639. The van der Waals surface area contributed by atoms with Gasteiger partial charge in [-0.1, -0.05) is 11.6 Å². The van der Waals surface area contributed by atoms with Crippen molar-refractivity contribution < 1.29 is 14.6 Å². The number of carbonyl (C=O) groups excluding carboxylic acids is 1. The van der Waals surface area contributed by atoms with Gasteiger partial charge in [-0.15, -0.1) is 0 Å². The molecular formula is C16H18ClN3O3. The first-order chi connectivity index (χ1) is 11.1. The Hall–Kier alpha value is -2.05. The molecule has 0 bridgehead atoms. The number of H-pyrrole nitrogens is 1. The molecule has 0 unspecified atom stereocenters. The van der Waals surface area contributed by atoms with E-state index in [1.165, 1.54) is 6.20 Å². The second-order valence-electron chi connectivity index (χ2n) is 5.59. The Labute approximate surface area is 138 Å². The molecule has 1 saturated carbocycles. The normalized spacial score (nSPS) is 23.7. The van der Waals surface area contributed by atoms with Crippen LogP contribution in [0.3, 0.4) is 0 Å². The molecule has 1 aliphatic rings. The van der Waals surface area contributed by atoms with E-state index in [1.807, 2.05) is 0 Å². The lowest BCUT2D eigenvalue weighted by Crippen LogP contribution is -2.37. The highest BCUT2D eigenvalue weighted by Gasteiger charge is 2.36. The molecular weight excluding hydrogens is 318 g/mol. The molecule has 1 fully saturated rings. The number of carbonyl (C=O) groups is 1. The lowest BCUT2D eigenvalue weighted by Gasteiger charge is -2.21. The summed E-state index contributed by atoms with van der Waals surface area (Å²) in [7, 11) is 0. The van der Waals surface area contributed by atoms with Crippen LogP contribution in [0.1, 0.15) is 23.5 Å². The zero-order valence-electron chi connectivity index (χ0n) is 12.4. The number of amides is 1. The van der Waals surface area contributed by atoms with Crippen molar-refractivity contribution in [2.24, 2.45) is 5.92 Å². The molecule has 1 heterocycles. The van der Waals surface area contributed by atoms with Gasteiger partial charge in [0.15, 0.2) is 5.82 Å². The number of imidazole rings is 1. The number of hydrogen-bond acceptors (Lipinski definition) is 4. The predicted molar refractivity (Wildman–Crippen MR) is 85.5 cm³/mol. The number of aliphatic hydroxyl groups is 1. The molecule has 3 N–H and O–H groups in total. The molecule has 1 aromatic carbocycles. The number of rotatable bonds is 5. The first kappa shape index (κ1) is 15.8. The van der Waals surface area contributed by atoms with Crippen molar-refractivity contribution in [2.75, 3.05) is 6.54 Å². The number of aromatic amines is 1. The summed E-state index contributed by atoms with van der Waals surface area (Å²) < 4.78 is 5.81. The number of nitrogens with zero attached hydrogens (tertiary/aromatic N) is 1. The number of halogens is 1. The largest absolute Gasteiger partial charge is 0.488 e. The van der Waals surface area contributed by atoms with Gasteiger partial charge in [-0.05, 0) is 37.1 Å². The minimum atomic E-state index is -0.623. The summed E-state index contributed by atoms with van der Waals surface area (Å²) in [6.45, 7) is 0.390. The number of benzene rings is 1. The van der Waals surface area contributed by atoms with Crippen LogP contribution >= 0.6 is 11.6 Å². The summed E-state index contributed by atoms with van der Waals surface area (Å²) in [6, 6.07) is 7.06. The fraction of sp³-hybridized carbons (Fsp3) is 0.375. The lowest BCUT2D eigenvalue weighted by molar-refractivity contribution is 0.0348. The highest BCUT2D eigenvalue weighted by molar-refractivity contribution is 6.30. The van der Waals surface area contributed by atoms with Gasteiger partial charge in [-0.3, -0.25) is 4.79 Å². The number of aliphatic hydroxyl groups excluding tert-OH is 1. The highest BCUT2D eigenvalue weighted by atomic mass is 35.5. The van der Waals surface area contributed by atoms with Crippen LogP contribution in [-0.4, -0.2) is 39.7 Å². The molecule has 0 saturated heterocycles. The second kappa shape index (κ2) is 7.02. The Morgan fingerprint density at radius 3 is 2.87 bits per heavy atom. The van der Waals surface area contributed by atoms with Crippen molar-refractivity contribution in [3.8, 4) is 5.75 Å². The standard InChI is InChI=1S/C16H18ClN3O3/c17-11-2-4-12(5-3-11)23-13-6-1-10(14(13)21)9-20-16(22)15-18-7-8-19-15/h2-5,7-8,10,13-14,21H,1,6,9H2,(H,18,19)(H,20,22)/t10-,13-,14-/m1/s1. The molecule has 0 spiro atoms. The van der Waals surface area contributed by atoms with E-state index in [0.717, 1.165) is 12.8 Å². The number of hydrogen-bond donors (Lipinski definition) is 3. The maximum atomic E-state index is 11.8. The first-order valence-electron chi connectivity index (χ1n) is 7.51. The Balaban J connectivity index is 1.51. The average molecular weight is 336 g/mol. The van der Waals surface area contributed by atoms with Crippen molar-refractivity contribution >= 4 is 17.5 Å². The number of ether oxygens (including phenoxy) is 1. The van der Waals surface area contributed by atoms with E-state index in [4.69, 9.17) is 16.3 Å². The van der Waals surface area contributed by atoms with Crippen LogP contribution in [0.5, 0.6) is 5.75 Å². The monoisotopic (exact) mass is 335 g/mol. The van der Waals surface area contributed by atoms with Gasteiger partial charge in [0.1, 0.15) is 11.9 Å². The van der Waals surface area contributed by atoms with Crippen LogP contribution in [-0.2, 0) is 0 Å². The van der Waals surface area contributed by atoms with E-state index in [0.29, 0.717) is 17.3 Å². The molecule has 1 amide bonds. The minimum absolute atomic E-state index is 0.0359. The van der Waals surface area contributed by atoms with Crippen LogP contribution in [0.4, 0.5) is 0 Å². The Morgan fingerprint density at radius 1 is 1.39 bits per heavy atom. The zero-order chi connectivity index (χ0) is 16.2. The molecule has 122 valence electrons. The van der Waals surface area contributed by atoms with Gasteiger partial charge in [0.05, 0.1) is 6.10 Å². The quantitative estimate of drug-likeness (QED) is 0.780. The fourth-order valence-corrected chi connectivity index (χ4v) is 2.89. The summed E-state index contributed by atoms with van der Waals surface area (Å²) in [5.41, 5.74) is 0. The van der Waals surface area contributed by atoms with E-state index < -0.39 is 6.10 Å². The second-order valence-corrected chi connectivity index (χ2v) is 6.02. The first-order valence-corrected chi connectivity index (χ1v) is 7.89. The van der Waals surface area contributed by atoms with Crippen LogP contribution in [0, 0.1) is 5.92 Å². The summed E-state index contributed by atoms with van der Waals surface area (Å²) in [6.07, 6.45) is 3.75. The van der Waals surface area contributed by atoms with Gasteiger partial charge in [0.25, 0.3) is 5.91 Å². The van der Waals surface area contributed by atoms with E-state index in [2.05, 4.69) is 15.3 Å². The fourth-order valence-electron chi connectivity index (χ4n) is 2.76. The molecule has 6 nitrogen and oxygen atoms in total. The van der Waals surface area contributed by atoms with Crippen LogP contribution in [0.15, 0.2) is 36.7 Å². The van der Waals surface area contributed by atoms with Gasteiger partial charge in [0, 0.05) is 29.9 Å². The maximum Gasteiger partial charge on any atom is 0.287 e. The summed E-state index contributed by atoms with van der Waals surface area (Å²) >= 11 is 5.84. The van der Waals surface area contributed by atoms with Gasteiger partial charge in [-0.25, -0.2) is 4.98 Å². The molecule has 0 aliphatic heterocycles. The summed E-state index contributed by atoms with van der Waals surface area (Å²) in [4.78, 5) is 18.5. The highest BCUT2D eigenvalue weighted by Crippen LogP contribution is 2.30. The van der Waals surface area contributed by atoms with Crippen molar-refractivity contribution in [2.45, 2.75) is 25.0 Å². The molecule has 0 radical (unpaired) electrons. The van der Waals surface area contributed by atoms with E-state index in [9.17, 15) is 9.90 Å². The third-order valence-corrected chi connectivity index (χ3v) is 4.28. The van der Waals surface area contributed by atoms with E-state index in [1.54, 1.807) is 30.5 Å². The SMILES string of the molecule is O=C(NC[C@H]1CC[C@@H](Oc2ccc(Cl)cc2)[C@@H]1O)c1ncc[nH]1. The Kier molecular flexibility index (Phi) is 4.83. The van der Waals surface area contributed by atoms with E-state index >= 15 is 0 Å². The average Bonchev–Trinajstić information content (AvgIpc) is 3.19. The van der Waals surface area contributed by atoms with Crippen molar-refractivity contribution in [1.82, 2.24) is 15.3 Å². The smallest absolute Gasteiger partial charge is 0.287 e. The van der Waals surface area contributed by atoms with Crippen molar-refractivity contribution in [1.29, 1.82) is 0 Å². The summed E-state index contributed by atoms with van der Waals surface area (Å²) in [5, 5.41) is 13.8. The van der Waals surface area contributed by atoms with Gasteiger partial charge >= 0.3 is 0 Å².